The third-order valence-electron chi connectivity index (χ3n) is 3.15. The summed E-state index contributed by atoms with van der Waals surface area (Å²) in [7, 11) is 0. The number of hydrogen-bond donors (Lipinski definition) is 2. The summed E-state index contributed by atoms with van der Waals surface area (Å²) in [5, 5.41) is 3.52. The lowest BCUT2D eigenvalue weighted by Crippen LogP contribution is -2.18. The molecule has 0 saturated carbocycles. The van der Waals surface area contributed by atoms with Crippen molar-refractivity contribution in [1.29, 1.82) is 0 Å². The molecule has 0 aliphatic carbocycles. The van der Waals surface area contributed by atoms with Gasteiger partial charge >= 0.3 is 0 Å². The van der Waals surface area contributed by atoms with Crippen LogP contribution in [0.25, 0.3) is 0 Å². The summed E-state index contributed by atoms with van der Waals surface area (Å²) in [5.41, 5.74) is 5.70. The lowest BCUT2D eigenvalue weighted by atomic mass is 10.0. The molecule has 2 nitrogen and oxygen atoms in total. The molecular formula is C15H34N2. The van der Waals surface area contributed by atoms with Crippen LogP contribution in [0.3, 0.4) is 0 Å². The molecule has 0 aliphatic heterocycles. The predicted octanol–water partition coefficient (Wildman–Crippen LogP) is 3.70. The van der Waals surface area contributed by atoms with E-state index in [-0.39, 0.29) is 0 Å². The van der Waals surface area contributed by atoms with Crippen LogP contribution in [0.15, 0.2) is 0 Å². The molecule has 17 heavy (non-hydrogen) atoms. The second kappa shape index (κ2) is 12.4. The Morgan fingerprint density at radius 1 is 0.765 bits per heavy atom. The van der Waals surface area contributed by atoms with Crippen LogP contribution in [0, 0.1) is 5.92 Å². The predicted molar refractivity (Wildman–Crippen MR) is 78.3 cm³/mol. The average Bonchev–Trinajstić information content (AvgIpc) is 2.25. The highest BCUT2D eigenvalue weighted by molar-refractivity contribution is 4.55. The maximum atomic E-state index is 5.70. The molecule has 0 heterocycles. The summed E-state index contributed by atoms with van der Waals surface area (Å²) in [4.78, 5) is 0. The van der Waals surface area contributed by atoms with Gasteiger partial charge in [-0.05, 0) is 45.2 Å². The standard InChI is InChI=1S/C15H34N2/c1-14(2)10-6-4-5-8-12-17-13-9-7-11-15(3)16/h14-15,17H,4-13,16H2,1-3H3. The van der Waals surface area contributed by atoms with Crippen molar-refractivity contribution in [3.8, 4) is 0 Å². The number of nitrogens with one attached hydrogen (secondary N) is 1. The summed E-state index contributed by atoms with van der Waals surface area (Å²) < 4.78 is 0. The van der Waals surface area contributed by atoms with E-state index in [0.29, 0.717) is 6.04 Å². The summed E-state index contributed by atoms with van der Waals surface area (Å²) in [6.45, 7) is 9.07. The average molecular weight is 242 g/mol. The van der Waals surface area contributed by atoms with E-state index in [9.17, 15) is 0 Å². The van der Waals surface area contributed by atoms with Gasteiger partial charge in [-0.25, -0.2) is 0 Å². The molecule has 0 radical (unpaired) electrons. The molecule has 0 bridgehead atoms. The minimum atomic E-state index is 0.371. The van der Waals surface area contributed by atoms with Gasteiger partial charge in [0.15, 0.2) is 0 Å². The first-order valence-corrected chi connectivity index (χ1v) is 7.59. The van der Waals surface area contributed by atoms with E-state index in [2.05, 4.69) is 26.1 Å². The Morgan fingerprint density at radius 2 is 1.29 bits per heavy atom. The van der Waals surface area contributed by atoms with Crippen LogP contribution >= 0.6 is 0 Å². The van der Waals surface area contributed by atoms with Crippen LogP contribution in [-0.2, 0) is 0 Å². The fourth-order valence-electron chi connectivity index (χ4n) is 2.00. The van der Waals surface area contributed by atoms with E-state index in [4.69, 9.17) is 5.73 Å². The van der Waals surface area contributed by atoms with E-state index in [1.165, 1.54) is 58.0 Å². The van der Waals surface area contributed by atoms with Crippen LogP contribution in [0.2, 0.25) is 0 Å². The van der Waals surface area contributed by atoms with Crippen molar-refractivity contribution >= 4 is 0 Å². The highest BCUT2D eigenvalue weighted by Gasteiger charge is 1.95. The van der Waals surface area contributed by atoms with Crippen LogP contribution in [0.5, 0.6) is 0 Å². The van der Waals surface area contributed by atoms with Crippen molar-refractivity contribution < 1.29 is 0 Å². The highest BCUT2D eigenvalue weighted by Crippen LogP contribution is 2.08. The van der Waals surface area contributed by atoms with Crippen LogP contribution in [0.4, 0.5) is 0 Å². The first-order valence-electron chi connectivity index (χ1n) is 7.59. The number of unbranched alkanes of at least 4 members (excludes halogenated alkanes) is 4. The fraction of sp³-hybridized carbons (Fsp3) is 1.00. The fourth-order valence-corrected chi connectivity index (χ4v) is 2.00. The van der Waals surface area contributed by atoms with Gasteiger partial charge in [-0.3, -0.25) is 0 Å². The van der Waals surface area contributed by atoms with Crippen LogP contribution in [0.1, 0.15) is 72.1 Å². The van der Waals surface area contributed by atoms with Crippen molar-refractivity contribution in [2.24, 2.45) is 11.7 Å². The number of rotatable bonds is 12. The number of nitrogens with two attached hydrogens (primary N) is 1. The molecule has 0 fully saturated rings. The van der Waals surface area contributed by atoms with Crippen molar-refractivity contribution in [1.82, 2.24) is 5.32 Å². The summed E-state index contributed by atoms with van der Waals surface area (Å²) in [5.74, 6) is 0.873. The minimum Gasteiger partial charge on any atom is -0.328 e. The molecule has 0 aromatic rings. The monoisotopic (exact) mass is 242 g/mol. The van der Waals surface area contributed by atoms with Crippen molar-refractivity contribution in [2.75, 3.05) is 13.1 Å². The lowest BCUT2D eigenvalue weighted by Gasteiger charge is -2.07. The maximum absolute atomic E-state index is 5.70. The molecular weight excluding hydrogens is 208 g/mol. The zero-order valence-corrected chi connectivity index (χ0v) is 12.3. The van der Waals surface area contributed by atoms with E-state index in [1.54, 1.807) is 0 Å². The Hall–Kier alpha value is -0.0800. The first-order chi connectivity index (χ1) is 8.13. The zero-order chi connectivity index (χ0) is 12.9. The summed E-state index contributed by atoms with van der Waals surface area (Å²) in [6, 6.07) is 0.371. The first kappa shape index (κ1) is 16.9. The molecule has 0 aromatic carbocycles. The molecule has 0 aromatic heterocycles. The van der Waals surface area contributed by atoms with Gasteiger partial charge in [0, 0.05) is 6.04 Å². The Labute approximate surface area is 109 Å². The Kier molecular flexibility index (Phi) is 12.3. The van der Waals surface area contributed by atoms with Crippen molar-refractivity contribution in [2.45, 2.75) is 78.2 Å². The second-order valence-corrected chi connectivity index (χ2v) is 5.82. The van der Waals surface area contributed by atoms with E-state index >= 15 is 0 Å². The third-order valence-corrected chi connectivity index (χ3v) is 3.15. The second-order valence-electron chi connectivity index (χ2n) is 5.82. The highest BCUT2D eigenvalue weighted by atomic mass is 14.8. The Bertz CT molecular complexity index is 128. The molecule has 1 atom stereocenters. The summed E-state index contributed by atoms with van der Waals surface area (Å²) >= 11 is 0. The van der Waals surface area contributed by atoms with Gasteiger partial charge in [0.25, 0.3) is 0 Å². The van der Waals surface area contributed by atoms with Gasteiger partial charge in [0.05, 0.1) is 0 Å². The van der Waals surface area contributed by atoms with Gasteiger partial charge in [-0.15, -0.1) is 0 Å². The lowest BCUT2D eigenvalue weighted by molar-refractivity contribution is 0.507. The van der Waals surface area contributed by atoms with Gasteiger partial charge in [-0.2, -0.15) is 0 Å². The van der Waals surface area contributed by atoms with Crippen LogP contribution in [-0.4, -0.2) is 19.1 Å². The van der Waals surface area contributed by atoms with Gasteiger partial charge in [-0.1, -0.05) is 46.0 Å². The van der Waals surface area contributed by atoms with E-state index in [1.807, 2.05) is 0 Å². The van der Waals surface area contributed by atoms with Crippen LogP contribution < -0.4 is 11.1 Å². The third kappa shape index (κ3) is 15.9. The molecule has 0 saturated heterocycles. The van der Waals surface area contributed by atoms with Gasteiger partial charge in [0.1, 0.15) is 0 Å². The Morgan fingerprint density at radius 3 is 1.88 bits per heavy atom. The largest absolute Gasteiger partial charge is 0.328 e. The molecule has 0 amide bonds. The molecule has 0 spiro atoms. The van der Waals surface area contributed by atoms with E-state index in [0.717, 1.165) is 12.3 Å². The zero-order valence-electron chi connectivity index (χ0n) is 12.3. The SMILES string of the molecule is CC(C)CCCCCCNCCCCC(C)N. The van der Waals surface area contributed by atoms with Crippen molar-refractivity contribution in [3.05, 3.63) is 0 Å². The molecule has 104 valence electrons. The molecule has 1 unspecified atom stereocenters. The quantitative estimate of drug-likeness (QED) is 0.512. The topological polar surface area (TPSA) is 38.0 Å². The molecule has 0 aliphatic rings. The molecule has 3 N–H and O–H groups in total. The molecule has 2 heteroatoms. The van der Waals surface area contributed by atoms with Crippen molar-refractivity contribution in [3.63, 3.8) is 0 Å². The van der Waals surface area contributed by atoms with Gasteiger partial charge < -0.3 is 11.1 Å². The number of hydrogen-bond acceptors (Lipinski definition) is 2. The maximum Gasteiger partial charge on any atom is 0.00104 e. The normalized spacial score (nSPS) is 13.2. The Balaban J connectivity index is 2.94. The smallest absolute Gasteiger partial charge is 0.00104 e. The van der Waals surface area contributed by atoms with E-state index < -0.39 is 0 Å². The van der Waals surface area contributed by atoms with Gasteiger partial charge in [0.2, 0.25) is 0 Å². The molecule has 0 rings (SSSR count). The summed E-state index contributed by atoms with van der Waals surface area (Å²) in [6.07, 6.45) is 10.6. The minimum absolute atomic E-state index is 0.371.